The number of hydrogen-bond donors (Lipinski definition) is 4. The first-order valence-electron chi connectivity index (χ1n) is 15.1. The molecule has 0 saturated carbocycles. The van der Waals surface area contributed by atoms with E-state index in [9.17, 15) is 22.8 Å². The second kappa shape index (κ2) is 17.1. The smallest absolute Gasteiger partial charge is 0.327 e. The summed E-state index contributed by atoms with van der Waals surface area (Å²) in [6.45, 7) is 3.73. The average molecular weight is 698 g/mol. The highest BCUT2D eigenvalue weighted by Crippen LogP contribution is 2.30. The predicted molar refractivity (Wildman–Crippen MR) is 189 cm³/mol. The molecule has 0 aliphatic carbocycles. The van der Waals surface area contributed by atoms with Crippen molar-refractivity contribution in [2.75, 3.05) is 54.5 Å². The fourth-order valence-electron chi connectivity index (χ4n) is 4.33. The first-order chi connectivity index (χ1) is 22.6. The normalized spacial score (nSPS) is 11.3. The molecule has 0 bridgehead atoms. The number of nitrogens with zero attached hydrogens (tertiary/aromatic N) is 3. The molecule has 250 valence electrons. The second-order valence-electron chi connectivity index (χ2n) is 10.8. The third-order valence-electron chi connectivity index (χ3n) is 6.82. The molecular formula is C32H39N7O5S3. The number of para-hydroxylation sites is 1. The Kier molecular flexibility index (Phi) is 13.0. The number of nitrogens with one attached hydrogen (secondary N) is 4. The van der Waals surface area contributed by atoms with E-state index < -0.39 is 21.8 Å². The first kappa shape index (κ1) is 35.7. The van der Waals surface area contributed by atoms with Crippen molar-refractivity contribution in [3.05, 3.63) is 72.8 Å². The average Bonchev–Trinajstić information content (AvgIpc) is 3.48. The lowest BCUT2D eigenvalue weighted by molar-refractivity contribution is -0.138. The maximum Gasteiger partial charge on any atom is 0.327 e. The molecule has 3 amide bonds. The van der Waals surface area contributed by atoms with E-state index in [1.165, 1.54) is 36.0 Å². The summed E-state index contributed by atoms with van der Waals surface area (Å²) in [5.41, 5.74) is 7.23. The summed E-state index contributed by atoms with van der Waals surface area (Å²) in [6.07, 6.45) is 2.42. The predicted octanol–water partition coefficient (Wildman–Crippen LogP) is 4.53. The fraction of sp³-hybridized carbons (Fsp3) is 0.312. The first-order valence-corrected chi connectivity index (χ1v) is 18.3. The van der Waals surface area contributed by atoms with Gasteiger partial charge in [-0.25, -0.2) is 13.4 Å². The van der Waals surface area contributed by atoms with Gasteiger partial charge in [-0.3, -0.25) is 30.0 Å². The summed E-state index contributed by atoms with van der Waals surface area (Å²) < 4.78 is 30.7. The van der Waals surface area contributed by atoms with Crippen LogP contribution in [0.1, 0.15) is 26.2 Å². The van der Waals surface area contributed by atoms with Crippen LogP contribution in [0.5, 0.6) is 0 Å². The van der Waals surface area contributed by atoms with Crippen molar-refractivity contribution in [3.63, 3.8) is 0 Å². The van der Waals surface area contributed by atoms with E-state index in [2.05, 4.69) is 25.9 Å². The minimum Gasteiger partial charge on any atom is -0.348 e. The Hall–Kier alpha value is -4.18. The molecule has 0 fully saturated rings. The van der Waals surface area contributed by atoms with Crippen molar-refractivity contribution in [3.8, 4) is 0 Å². The molecule has 4 rings (SSSR count). The highest BCUT2D eigenvalue weighted by atomic mass is 32.2. The van der Waals surface area contributed by atoms with Gasteiger partial charge in [-0.15, -0.1) is 11.3 Å². The number of amides is 3. The minimum atomic E-state index is -3.93. The summed E-state index contributed by atoms with van der Waals surface area (Å²) >= 11 is 2.95. The third-order valence-corrected chi connectivity index (χ3v) is 10.4. The second-order valence-corrected chi connectivity index (χ2v) is 14.7. The van der Waals surface area contributed by atoms with E-state index in [1.807, 2.05) is 50.2 Å². The third kappa shape index (κ3) is 10.7. The van der Waals surface area contributed by atoms with E-state index >= 15 is 0 Å². The molecule has 0 saturated heterocycles. The van der Waals surface area contributed by atoms with Crippen molar-refractivity contribution in [1.82, 2.24) is 20.6 Å². The number of hydrogen-bond acceptors (Lipinski definition) is 10. The fourth-order valence-corrected chi connectivity index (χ4v) is 7.34. The summed E-state index contributed by atoms with van der Waals surface area (Å²) in [5.74, 6) is -1.47. The minimum absolute atomic E-state index is 0.0408. The quantitative estimate of drug-likeness (QED) is 0.0573. The summed E-state index contributed by atoms with van der Waals surface area (Å²) in [6, 6.07) is 20.2. The van der Waals surface area contributed by atoms with Gasteiger partial charge in [0.1, 0.15) is 0 Å². The summed E-state index contributed by atoms with van der Waals surface area (Å²) in [7, 11) is -0.0825. The van der Waals surface area contributed by atoms with Crippen LogP contribution in [0.2, 0.25) is 0 Å². The van der Waals surface area contributed by atoms with E-state index in [-0.39, 0.29) is 16.6 Å². The van der Waals surface area contributed by atoms with Crippen LogP contribution in [0.15, 0.2) is 82.0 Å². The molecule has 0 atom stereocenters. The number of hydrazine groups is 1. The van der Waals surface area contributed by atoms with Gasteiger partial charge >= 0.3 is 11.8 Å². The van der Waals surface area contributed by atoms with Gasteiger partial charge < -0.3 is 15.1 Å². The lowest BCUT2D eigenvalue weighted by Gasteiger charge is -2.23. The molecule has 4 N–H and O–H groups in total. The van der Waals surface area contributed by atoms with E-state index in [1.54, 1.807) is 40.5 Å². The number of fused-ring (bicyclic) bond motifs is 1. The van der Waals surface area contributed by atoms with Gasteiger partial charge in [0.15, 0.2) is 4.34 Å². The van der Waals surface area contributed by atoms with Crippen LogP contribution in [-0.2, 0) is 24.4 Å². The lowest BCUT2D eigenvalue weighted by atomic mass is 10.2. The SMILES string of the molecule is CCCCN(C(=O)CSc1nc2ccccc2s1)c1ccc(S(=O)(=O)Nc2ccc(NNC(=O)C(=O)NCCCN(C)C)cc2)cc1. The van der Waals surface area contributed by atoms with Crippen molar-refractivity contribution in [2.24, 2.45) is 0 Å². The molecule has 3 aromatic carbocycles. The molecule has 0 radical (unpaired) electrons. The zero-order valence-electron chi connectivity index (χ0n) is 26.5. The Bertz CT molecular complexity index is 1730. The van der Waals surface area contributed by atoms with Crippen LogP contribution >= 0.6 is 23.1 Å². The largest absolute Gasteiger partial charge is 0.348 e. The van der Waals surface area contributed by atoms with Crippen LogP contribution < -0.4 is 25.8 Å². The Morgan fingerprint density at radius 2 is 1.57 bits per heavy atom. The zero-order chi connectivity index (χ0) is 33.8. The van der Waals surface area contributed by atoms with Crippen LogP contribution in [0.3, 0.4) is 0 Å². The maximum absolute atomic E-state index is 13.3. The number of sulfonamides is 1. The van der Waals surface area contributed by atoms with Crippen molar-refractivity contribution in [1.29, 1.82) is 0 Å². The van der Waals surface area contributed by atoms with E-state index in [0.717, 1.165) is 33.9 Å². The summed E-state index contributed by atoms with van der Waals surface area (Å²) in [5, 5.41) is 2.55. The number of carbonyl (C=O) groups excluding carboxylic acids is 3. The Morgan fingerprint density at radius 3 is 2.26 bits per heavy atom. The molecular weight excluding hydrogens is 659 g/mol. The van der Waals surface area contributed by atoms with E-state index in [4.69, 9.17) is 0 Å². The lowest BCUT2D eigenvalue weighted by Crippen LogP contribution is -2.43. The van der Waals surface area contributed by atoms with Crippen molar-refractivity contribution >= 4 is 78.1 Å². The number of aromatic nitrogens is 1. The number of thiazole rings is 1. The number of carbonyl (C=O) groups is 3. The molecule has 0 unspecified atom stereocenters. The Labute approximate surface area is 283 Å². The topological polar surface area (TPSA) is 153 Å². The molecule has 4 aromatic rings. The van der Waals surface area contributed by atoms with Crippen LogP contribution in [0.4, 0.5) is 17.1 Å². The number of thioether (sulfide) groups is 1. The maximum atomic E-state index is 13.3. The highest BCUT2D eigenvalue weighted by molar-refractivity contribution is 8.01. The molecule has 15 heteroatoms. The number of benzene rings is 3. The molecule has 1 heterocycles. The Balaban J connectivity index is 1.31. The van der Waals surface area contributed by atoms with Crippen molar-refractivity contribution in [2.45, 2.75) is 35.4 Å². The van der Waals surface area contributed by atoms with Crippen LogP contribution in [-0.4, -0.2) is 75.5 Å². The molecule has 0 aliphatic rings. The molecule has 1 aromatic heterocycles. The molecule has 47 heavy (non-hydrogen) atoms. The number of unbranched alkanes of at least 4 members (excludes halogenated alkanes) is 1. The Morgan fingerprint density at radius 1 is 0.872 bits per heavy atom. The van der Waals surface area contributed by atoms with Gasteiger partial charge in [-0.1, -0.05) is 37.2 Å². The molecule has 0 spiro atoms. The van der Waals surface area contributed by atoms with Gasteiger partial charge in [0.25, 0.3) is 10.0 Å². The van der Waals surface area contributed by atoms with Crippen LogP contribution in [0, 0.1) is 0 Å². The van der Waals surface area contributed by atoms with Gasteiger partial charge in [0.05, 0.1) is 26.6 Å². The van der Waals surface area contributed by atoms with Gasteiger partial charge in [-0.05, 0) is 94.1 Å². The van der Waals surface area contributed by atoms with Crippen LogP contribution in [0.25, 0.3) is 10.2 Å². The zero-order valence-corrected chi connectivity index (χ0v) is 28.9. The number of rotatable bonds is 16. The standard InChI is InChI=1S/C32H39N7O5S3/c1-4-5-21-39(29(40)22-45-32-34-27-9-6-7-10-28(27)46-32)25-15-17-26(18-16-25)47(43,44)37-24-13-11-23(12-14-24)35-36-31(42)30(41)33-19-8-20-38(2)3/h6-7,9-18,35,37H,4-5,8,19-22H2,1-3H3,(H,33,41)(H,36,42). The molecule has 12 nitrogen and oxygen atoms in total. The van der Waals surface area contributed by atoms with E-state index in [0.29, 0.717) is 36.6 Å². The highest BCUT2D eigenvalue weighted by Gasteiger charge is 2.20. The monoisotopic (exact) mass is 697 g/mol. The van der Waals surface area contributed by atoms with Gasteiger partial charge in [0, 0.05) is 24.5 Å². The summed E-state index contributed by atoms with van der Waals surface area (Å²) in [4.78, 5) is 45.5. The van der Waals surface area contributed by atoms with Gasteiger partial charge in [-0.2, -0.15) is 0 Å². The number of anilines is 3. The van der Waals surface area contributed by atoms with Crippen molar-refractivity contribution < 1.29 is 22.8 Å². The van der Waals surface area contributed by atoms with Gasteiger partial charge in [0.2, 0.25) is 5.91 Å². The molecule has 0 aliphatic heterocycles.